The van der Waals surface area contributed by atoms with E-state index in [-0.39, 0.29) is 16.9 Å². The van der Waals surface area contributed by atoms with Crippen LogP contribution in [0.4, 0.5) is 14.9 Å². The quantitative estimate of drug-likeness (QED) is 0.564. The average molecular weight is 474 g/mol. The summed E-state index contributed by atoms with van der Waals surface area (Å²) in [6.45, 7) is 3.71. The molecule has 4 rings (SSSR count). The number of sulfonamides is 1. The van der Waals surface area contributed by atoms with Crippen molar-refractivity contribution in [2.45, 2.75) is 44.2 Å². The van der Waals surface area contributed by atoms with Crippen LogP contribution < -0.4 is 14.8 Å². The fourth-order valence-electron chi connectivity index (χ4n) is 3.86. The number of urea groups is 1. The number of fused-ring (bicyclic) bond motifs is 1. The summed E-state index contributed by atoms with van der Waals surface area (Å²) >= 11 is 0. The van der Waals surface area contributed by atoms with E-state index >= 15 is 0 Å². The summed E-state index contributed by atoms with van der Waals surface area (Å²) < 4.78 is 48.8. The molecular formula is C22H24FN5O4S. The molecule has 1 aliphatic rings. The highest BCUT2D eigenvalue weighted by atomic mass is 32.2. The van der Waals surface area contributed by atoms with E-state index in [9.17, 15) is 17.6 Å². The van der Waals surface area contributed by atoms with Crippen molar-refractivity contribution in [3.05, 3.63) is 53.6 Å². The number of aromatic nitrogens is 3. The second kappa shape index (κ2) is 8.81. The topological polar surface area (TPSA) is 115 Å². The van der Waals surface area contributed by atoms with Crippen molar-refractivity contribution in [1.82, 2.24) is 19.5 Å². The minimum atomic E-state index is -4.20. The van der Waals surface area contributed by atoms with Gasteiger partial charge in [0.05, 0.1) is 12.8 Å². The number of amides is 2. The number of carbonyl (C=O) groups is 1. The molecule has 2 N–H and O–H groups in total. The number of nitrogens with one attached hydrogen (secondary N) is 2. The van der Waals surface area contributed by atoms with Crippen molar-refractivity contribution in [3.8, 4) is 17.0 Å². The molecule has 0 unspecified atom stereocenters. The lowest BCUT2D eigenvalue weighted by molar-refractivity contribution is 0.256. The number of methoxy groups -OCH3 is 1. The van der Waals surface area contributed by atoms with Crippen LogP contribution in [0.3, 0.4) is 0 Å². The number of nitrogens with zero attached hydrogens (tertiary/aromatic N) is 3. The van der Waals surface area contributed by atoms with E-state index in [1.54, 1.807) is 12.1 Å². The number of anilines is 1. The normalized spacial score (nSPS) is 13.1. The van der Waals surface area contributed by atoms with Crippen LogP contribution in [0.25, 0.3) is 11.1 Å². The van der Waals surface area contributed by atoms with E-state index in [1.807, 2.05) is 18.6 Å². The molecule has 0 aliphatic heterocycles. The van der Waals surface area contributed by atoms with E-state index in [1.165, 1.54) is 36.3 Å². The van der Waals surface area contributed by atoms with Crippen LogP contribution in [0.15, 0.2) is 41.7 Å². The van der Waals surface area contributed by atoms with Gasteiger partial charge in [0.25, 0.3) is 10.0 Å². The molecule has 0 saturated heterocycles. The lowest BCUT2D eigenvalue weighted by Crippen LogP contribution is -2.35. The monoisotopic (exact) mass is 473 g/mol. The van der Waals surface area contributed by atoms with Crippen molar-refractivity contribution >= 4 is 21.7 Å². The Morgan fingerprint density at radius 1 is 1.21 bits per heavy atom. The Balaban J connectivity index is 1.68. The summed E-state index contributed by atoms with van der Waals surface area (Å²) in [7, 11) is -2.74. The molecule has 174 valence electrons. The number of benzene rings is 1. The standard InChI is InChI=1S/C22H24FN5O4S/c1-13(2)28-10-8-20(26-28)33(30,31)27-22(29)25-21-16-6-4-5-15(16)18(23)12-17(21)14-7-9-24-19(11-14)32-3/h7-13H,4-6H2,1-3H3,(H2,25,27,29). The van der Waals surface area contributed by atoms with Gasteiger partial charge in [-0.1, -0.05) is 0 Å². The molecule has 0 atom stereocenters. The van der Waals surface area contributed by atoms with Crippen molar-refractivity contribution in [2.75, 3.05) is 12.4 Å². The van der Waals surface area contributed by atoms with E-state index in [2.05, 4.69) is 15.4 Å². The highest BCUT2D eigenvalue weighted by Crippen LogP contribution is 2.39. The number of carbonyl (C=O) groups excluding carboxylic acids is 1. The molecular weight excluding hydrogens is 449 g/mol. The Kier molecular flexibility index (Phi) is 6.07. The second-order valence-corrected chi connectivity index (χ2v) is 9.60. The molecule has 9 nitrogen and oxygen atoms in total. The summed E-state index contributed by atoms with van der Waals surface area (Å²) in [5, 5.41) is 6.38. The van der Waals surface area contributed by atoms with Gasteiger partial charge < -0.3 is 10.1 Å². The van der Waals surface area contributed by atoms with Crippen LogP contribution in [-0.2, 0) is 22.9 Å². The van der Waals surface area contributed by atoms with Gasteiger partial charge >= 0.3 is 6.03 Å². The summed E-state index contributed by atoms with van der Waals surface area (Å²) in [6, 6.07) is 4.94. The van der Waals surface area contributed by atoms with Crippen LogP contribution in [0.1, 0.15) is 37.4 Å². The van der Waals surface area contributed by atoms with Gasteiger partial charge in [-0.15, -0.1) is 0 Å². The van der Waals surface area contributed by atoms with Crippen LogP contribution in [0.5, 0.6) is 5.88 Å². The highest BCUT2D eigenvalue weighted by Gasteiger charge is 2.26. The number of pyridine rings is 1. The van der Waals surface area contributed by atoms with Crippen molar-refractivity contribution in [2.24, 2.45) is 0 Å². The first-order valence-corrected chi connectivity index (χ1v) is 11.9. The second-order valence-electron chi connectivity index (χ2n) is 7.97. The van der Waals surface area contributed by atoms with Crippen molar-refractivity contribution < 1.29 is 22.3 Å². The zero-order valence-corrected chi connectivity index (χ0v) is 19.2. The van der Waals surface area contributed by atoms with E-state index < -0.39 is 16.1 Å². The maximum Gasteiger partial charge on any atom is 0.333 e. The Morgan fingerprint density at radius 3 is 2.67 bits per heavy atom. The number of halogens is 1. The smallest absolute Gasteiger partial charge is 0.333 e. The minimum absolute atomic E-state index is 0.0375. The largest absolute Gasteiger partial charge is 0.481 e. The van der Waals surface area contributed by atoms with Gasteiger partial charge in [0.2, 0.25) is 5.88 Å². The number of rotatable bonds is 6. The fraction of sp³-hybridized carbons (Fsp3) is 0.318. The SMILES string of the molecule is COc1cc(-c2cc(F)c3c(c2NC(=O)NS(=O)(=O)c2ccn(C(C)C)n2)CCC3)ccn1. The molecule has 0 radical (unpaired) electrons. The van der Waals surface area contributed by atoms with Gasteiger partial charge in [-0.3, -0.25) is 4.68 Å². The van der Waals surface area contributed by atoms with Gasteiger partial charge in [0.1, 0.15) is 5.82 Å². The minimum Gasteiger partial charge on any atom is -0.481 e. The van der Waals surface area contributed by atoms with Crippen LogP contribution in [0, 0.1) is 5.82 Å². The highest BCUT2D eigenvalue weighted by molar-refractivity contribution is 7.90. The third kappa shape index (κ3) is 4.54. The molecule has 0 fully saturated rings. The van der Waals surface area contributed by atoms with Crippen molar-refractivity contribution in [1.29, 1.82) is 0 Å². The molecule has 11 heteroatoms. The van der Waals surface area contributed by atoms with Gasteiger partial charge in [-0.25, -0.2) is 18.9 Å². The first-order valence-electron chi connectivity index (χ1n) is 10.4. The third-order valence-electron chi connectivity index (χ3n) is 5.46. The predicted molar refractivity (Wildman–Crippen MR) is 120 cm³/mol. The zero-order chi connectivity index (χ0) is 23.8. The molecule has 1 aromatic carbocycles. The number of ether oxygens (including phenoxy) is 1. The average Bonchev–Trinajstić information content (AvgIpc) is 3.46. The molecule has 1 aliphatic carbocycles. The van der Waals surface area contributed by atoms with Crippen LogP contribution >= 0.6 is 0 Å². The molecule has 2 heterocycles. The van der Waals surface area contributed by atoms with E-state index in [0.717, 1.165) is 6.42 Å². The first kappa shape index (κ1) is 22.7. The zero-order valence-electron chi connectivity index (χ0n) is 18.4. The molecule has 2 aromatic heterocycles. The lowest BCUT2D eigenvalue weighted by atomic mass is 9.97. The maximum atomic E-state index is 14.8. The lowest BCUT2D eigenvalue weighted by Gasteiger charge is -2.17. The van der Waals surface area contributed by atoms with Crippen LogP contribution in [0.2, 0.25) is 0 Å². The summed E-state index contributed by atoms with van der Waals surface area (Å²) in [4.78, 5) is 16.8. The molecule has 2 amide bonds. The van der Waals surface area contributed by atoms with Gasteiger partial charge in [-0.05, 0) is 68.0 Å². The predicted octanol–water partition coefficient (Wildman–Crippen LogP) is 3.67. The number of hydrogen-bond donors (Lipinski definition) is 2. The Labute approximate surface area is 191 Å². The molecule has 33 heavy (non-hydrogen) atoms. The summed E-state index contributed by atoms with van der Waals surface area (Å²) in [5.41, 5.74) is 2.51. The molecule has 3 aromatic rings. The fourth-order valence-corrected chi connectivity index (χ4v) is 4.70. The molecule has 0 bridgehead atoms. The first-order chi connectivity index (χ1) is 15.7. The number of hydrogen-bond acceptors (Lipinski definition) is 6. The summed E-state index contributed by atoms with van der Waals surface area (Å²) in [6.07, 6.45) is 4.87. The summed E-state index contributed by atoms with van der Waals surface area (Å²) in [5.74, 6) is -0.0433. The Morgan fingerprint density at radius 2 is 1.97 bits per heavy atom. The van der Waals surface area contributed by atoms with Gasteiger partial charge in [0.15, 0.2) is 5.03 Å². The van der Waals surface area contributed by atoms with E-state index in [4.69, 9.17) is 4.74 Å². The third-order valence-corrected chi connectivity index (χ3v) is 6.68. The van der Waals surface area contributed by atoms with Crippen molar-refractivity contribution in [3.63, 3.8) is 0 Å². The Hall–Kier alpha value is -3.47. The maximum absolute atomic E-state index is 14.8. The van der Waals surface area contributed by atoms with E-state index in [0.29, 0.717) is 46.7 Å². The molecule has 0 saturated carbocycles. The van der Waals surface area contributed by atoms with Crippen LogP contribution in [-0.4, -0.2) is 36.3 Å². The van der Waals surface area contributed by atoms with Gasteiger partial charge in [0, 0.05) is 30.1 Å². The molecule has 0 spiro atoms. The Bertz CT molecular complexity index is 1320. The van der Waals surface area contributed by atoms with Gasteiger partial charge in [-0.2, -0.15) is 13.5 Å².